The topological polar surface area (TPSA) is 6.48 Å². The van der Waals surface area contributed by atoms with Crippen LogP contribution in [0.25, 0.3) is 0 Å². The van der Waals surface area contributed by atoms with Crippen molar-refractivity contribution >= 4 is 0 Å². The third-order valence-corrected chi connectivity index (χ3v) is 5.24. The van der Waals surface area contributed by atoms with E-state index in [1.807, 2.05) is 13.8 Å². The van der Waals surface area contributed by atoms with Gasteiger partial charge in [0.15, 0.2) is 0 Å². The maximum atomic E-state index is 2.89. The molecular weight excluding hydrogens is 256 g/mol. The second-order valence-corrected chi connectivity index (χ2v) is 7.19. The quantitative estimate of drug-likeness (QED) is 0.726. The molecule has 1 aliphatic carbocycles. The molecule has 0 aromatic carbocycles. The summed E-state index contributed by atoms with van der Waals surface area (Å²) in [7, 11) is 0. The maximum Gasteiger partial charge on any atom is 0.0125 e. The molecule has 0 bridgehead atoms. The minimum Gasteiger partial charge on any atom is -0.301 e. The lowest BCUT2D eigenvalue weighted by molar-refractivity contribution is 0.0267. The molecule has 2 nitrogen and oxygen atoms in total. The summed E-state index contributed by atoms with van der Waals surface area (Å²) < 4.78 is 0. The highest BCUT2D eigenvalue weighted by atomic mass is 15.2. The van der Waals surface area contributed by atoms with Crippen LogP contribution in [0.5, 0.6) is 0 Å². The van der Waals surface area contributed by atoms with Gasteiger partial charge in [-0.3, -0.25) is 4.90 Å². The highest BCUT2D eigenvalue weighted by Gasteiger charge is 2.32. The molecule has 1 saturated heterocycles. The van der Waals surface area contributed by atoms with Gasteiger partial charge in [-0.25, -0.2) is 0 Å². The SMILES string of the molecule is CC.CC(C)N1CCC(N(C(C)C)C2CCCCC2)CC1. The molecule has 1 heterocycles. The summed E-state index contributed by atoms with van der Waals surface area (Å²) in [6.45, 7) is 16.1. The Morgan fingerprint density at radius 3 is 1.67 bits per heavy atom. The molecule has 2 heteroatoms. The predicted octanol–water partition coefficient (Wildman–Crippen LogP) is 4.93. The largest absolute Gasteiger partial charge is 0.301 e. The van der Waals surface area contributed by atoms with Crippen LogP contribution in [0.2, 0.25) is 0 Å². The molecule has 2 rings (SSSR count). The number of likely N-dealkylation sites (tertiary alicyclic amines) is 1. The van der Waals surface area contributed by atoms with Crippen LogP contribution in [0.3, 0.4) is 0 Å². The average molecular weight is 297 g/mol. The van der Waals surface area contributed by atoms with E-state index in [4.69, 9.17) is 0 Å². The molecule has 0 N–H and O–H groups in total. The molecule has 0 aromatic heterocycles. The van der Waals surface area contributed by atoms with Crippen LogP contribution in [0.15, 0.2) is 0 Å². The summed E-state index contributed by atoms with van der Waals surface area (Å²) in [4.78, 5) is 5.53. The standard InChI is InChI=1S/C17H34N2.C2H6/c1-14(2)18-12-10-17(11-13-18)19(15(3)4)16-8-6-5-7-9-16;1-2/h14-17H,5-13H2,1-4H3;1-2H3. The highest BCUT2D eigenvalue weighted by Crippen LogP contribution is 2.29. The van der Waals surface area contributed by atoms with Crippen molar-refractivity contribution in [2.75, 3.05) is 13.1 Å². The minimum atomic E-state index is 0.721. The first-order chi connectivity index (χ1) is 10.1. The lowest BCUT2D eigenvalue weighted by Gasteiger charge is -2.46. The number of piperidine rings is 1. The van der Waals surface area contributed by atoms with Gasteiger partial charge in [0.05, 0.1) is 0 Å². The van der Waals surface area contributed by atoms with Gasteiger partial charge in [0.25, 0.3) is 0 Å². The summed E-state index contributed by atoms with van der Waals surface area (Å²) in [6.07, 6.45) is 10.0. The highest BCUT2D eigenvalue weighted by molar-refractivity contribution is 4.88. The van der Waals surface area contributed by atoms with Gasteiger partial charge in [-0.05, 0) is 66.5 Å². The van der Waals surface area contributed by atoms with Crippen molar-refractivity contribution < 1.29 is 0 Å². The zero-order valence-electron chi connectivity index (χ0n) is 15.6. The van der Waals surface area contributed by atoms with E-state index in [0.717, 1.165) is 24.2 Å². The molecule has 21 heavy (non-hydrogen) atoms. The van der Waals surface area contributed by atoms with Crippen LogP contribution in [0.4, 0.5) is 0 Å². The van der Waals surface area contributed by atoms with E-state index in [0.29, 0.717) is 0 Å². The van der Waals surface area contributed by atoms with E-state index >= 15 is 0 Å². The van der Waals surface area contributed by atoms with Crippen molar-refractivity contribution in [3.05, 3.63) is 0 Å². The first-order valence-corrected chi connectivity index (χ1v) is 9.61. The van der Waals surface area contributed by atoms with Crippen LogP contribution in [0, 0.1) is 0 Å². The fourth-order valence-corrected chi connectivity index (χ4v) is 4.22. The van der Waals surface area contributed by atoms with Gasteiger partial charge in [0, 0.05) is 24.2 Å². The second kappa shape index (κ2) is 9.84. The Kier molecular flexibility index (Phi) is 8.89. The predicted molar refractivity (Wildman–Crippen MR) is 94.9 cm³/mol. The van der Waals surface area contributed by atoms with Crippen molar-refractivity contribution in [1.29, 1.82) is 0 Å². The first-order valence-electron chi connectivity index (χ1n) is 9.61. The van der Waals surface area contributed by atoms with Crippen LogP contribution in [-0.2, 0) is 0 Å². The van der Waals surface area contributed by atoms with E-state index in [1.54, 1.807) is 0 Å². The summed E-state index contributed by atoms with van der Waals surface area (Å²) in [5.74, 6) is 0. The lowest BCUT2D eigenvalue weighted by atomic mass is 9.90. The average Bonchev–Trinajstić information content (AvgIpc) is 2.51. The van der Waals surface area contributed by atoms with Gasteiger partial charge >= 0.3 is 0 Å². The zero-order valence-corrected chi connectivity index (χ0v) is 15.6. The van der Waals surface area contributed by atoms with Crippen LogP contribution >= 0.6 is 0 Å². The maximum absolute atomic E-state index is 2.89. The molecule has 1 saturated carbocycles. The van der Waals surface area contributed by atoms with E-state index in [2.05, 4.69) is 37.5 Å². The van der Waals surface area contributed by atoms with Crippen molar-refractivity contribution in [3.63, 3.8) is 0 Å². The second-order valence-electron chi connectivity index (χ2n) is 7.19. The van der Waals surface area contributed by atoms with Gasteiger partial charge in [-0.1, -0.05) is 33.1 Å². The smallest absolute Gasteiger partial charge is 0.0125 e. The molecule has 0 radical (unpaired) electrons. The minimum absolute atomic E-state index is 0.721. The number of hydrogen-bond acceptors (Lipinski definition) is 2. The van der Waals surface area contributed by atoms with Crippen LogP contribution in [0.1, 0.15) is 86.5 Å². The Balaban J connectivity index is 0.00000106. The third-order valence-electron chi connectivity index (χ3n) is 5.24. The van der Waals surface area contributed by atoms with Gasteiger partial charge < -0.3 is 4.90 Å². The Morgan fingerprint density at radius 1 is 0.762 bits per heavy atom. The molecule has 0 unspecified atom stereocenters. The molecule has 0 amide bonds. The van der Waals surface area contributed by atoms with Crippen molar-refractivity contribution in [2.24, 2.45) is 0 Å². The van der Waals surface area contributed by atoms with Crippen molar-refractivity contribution in [3.8, 4) is 0 Å². The number of nitrogens with zero attached hydrogens (tertiary/aromatic N) is 2. The molecule has 1 aliphatic heterocycles. The molecular formula is C19H40N2. The Bertz CT molecular complexity index is 248. The van der Waals surface area contributed by atoms with Gasteiger partial charge in [-0.2, -0.15) is 0 Å². The Morgan fingerprint density at radius 2 is 1.24 bits per heavy atom. The van der Waals surface area contributed by atoms with Crippen LogP contribution < -0.4 is 0 Å². The van der Waals surface area contributed by atoms with E-state index in [1.165, 1.54) is 58.0 Å². The summed E-state index contributed by atoms with van der Waals surface area (Å²) in [5.41, 5.74) is 0. The fraction of sp³-hybridized carbons (Fsp3) is 1.00. The van der Waals surface area contributed by atoms with Crippen molar-refractivity contribution in [1.82, 2.24) is 9.80 Å². The van der Waals surface area contributed by atoms with Crippen molar-refractivity contribution in [2.45, 2.75) is 111 Å². The van der Waals surface area contributed by atoms with Crippen LogP contribution in [-0.4, -0.2) is 47.1 Å². The Labute approximate surface area is 134 Å². The van der Waals surface area contributed by atoms with E-state index < -0.39 is 0 Å². The summed E-state index contributed by atoms with van der Waals surface area (Å²) in [5, 5.41) is 0. The Hall–Kier alpha value is -0.0800. The summed E-state index contributed by atoms with van der Waals surface area (Å²) in [6, 6.07) is 3.17. The third kappa shape index (κ3) is 5.56. The van der Waals surface area contributed by atoms with Gasteiger partial charge in [0.2, 0.25) is 0 Å². The zero-order chi connectivity index (χ0) is 15.8. The number of rotatable bonds is 4. The van der Waals surface area contributed by atoms with E-state index in [9.17, 15) is 0 Å². The normalized spacial score (nSPS) is 22.7. The molecule has 0 aromatic rings. The molecule has 2 aliphatic rings. The lowest BCUT2D eigenvalue weighted by Crippen LogP contribution is -2.53. The molecule has 0 atom stereocenters. The first kappa shape index (κ1) is 19.0. The number of hydrogen-bond donors (Lipinski definition) is 0. The van der Waals surface area contributed by atoms with Gasteiger partial charge in [0.1, 0.15) is 0 Å². The molecule has 2 fully saturated rings. The monoisotopic (exact) mass is 296 g/mol. The van der Waals surface area contributed by atoms with Gasteiger partial charge in [-0.15, -0.1) is 0 Å². The summed E-state index contributed by atoms with van der Waals surface area (Å²) >= 11 is 0. The molecule has 0 spiro atoms. The fourth-order valence-electron chi connectivity index (χ4n) is 4.22. The van der Waals surface area contributed by atoms with E-state index in [-0.39, 0.29) is 0 Å². The molecule has 126 valence electrons.